The molecule has 4 heterocycles. The maximum atomic E-state index is 3.59. The van der Waals surface area contributed by atoms with E-state index in [-0.39, 0.29) is 0 Å². The first-order valence-corrected chi connectivity index (χ1v) is 5.62. The highest BCUT2D eigenvalue weighted by Gasteiger charge is 2.38. The second kappa shape index (κ2) is 3.23. The van der Waals surface area contributed by atoms with Crippen LogP contribution in [0.5, 0.6) is 0 Å². The summed E-state index contributed by atoms with van der Waals surface area (Å²) in [4.78, 5) is 2.72. The first kappa shape index (κ1) is 8.21. The van der Waals surface area contributed by atoms with Gasteiger partial charge in [-0.3, -0.25) is 4.90 Å². The summed E-state index contributed by atoms with van der Waals surface area (Å²) in [7, 11) is 0. The van der Waals surface area contributed by atoms with Crippen molar-refractivity contribution >= 4 is 0 Å². The van der Waals surface area contributed by atoms with Crippen LogP contribution in [0.1, 0.15) is 19.3 Å². The zero-order valence-electron chi connectivity index (χ0n) is 8.13. The molecular weight excluding hydrogens is 162 g/mol. The first-order valence-electron chi connectivity index (χ1n) is 5.62. The van der Waals surface area contributed by atoms with Crippen molar-refractivity contribution in [2.24, 2.45) is 0 Å². The Morgan fingerprint density at radius 3 is 2.23 bits per heavy atom. The van der Waals surface area contributed by atoms with Gasteiger partial charge in [-0.1, -0.05) is 0 Å². The Morgan fingerprint density at radius 1 is 1.00 bits per heavy atom. The van der Waals surface area contributed by atoms with Gasteiger partial charge in [-0.25, -0.2) is 0 Å². The molecule has 0 saturated carbocycles. The van der Waals surface area contributed by atoms with Gasteiger partial charge in [0.2, 0.25) is 0 Å². The van der Waals surface area contributed by atoms with Gasteiger partial charge in [-0.2, -0.15) is 0 Å². The smallest absolute Gasteiger partial charge is 0.0213 e. The molecule has 2 N–H and O–H groups in total. The molecule has 2 unspecified atom stereocenters. The van der Waals surface area contributed by atoms with E-state index in [4.69, 9.17) is 0 Å². The molecule has 4 fully saturated rings. The SMILES string of the molecule is C1CC(N2CC3CC(C2)N3)CCN1. The molecular formula is C10H19N3. The molecule has 74 valence electrons. The number of rotatable bonds is 1. The third kappa shape index (κ3) is 1.49. The van der Waals surface area contributed by atoms with Gasteiger partial charge in [0.05, 0.1) is 0 Å². The second-order valence-corrected chi connectivity index (χ2v) is 4.73. The predicted molar refractivity (Wildman–Crippen MR) is 52.8 cm³/mol. The van der Waals surface area contributed by atoms with Crippen molar-refractivity contribution < 1.29 is 0 Å². The lowest BCUT2D eigenvalue weighted by Gasteiger charge is -2.51. The second-order valence-electron chi connectivity index (χ2n) is 4.73. The Balaban J connectivity index is 1.58. The van der Waals surface area contributed by atoms with E-state index in [1.165, 1.54) is 45.4 Å². The number of nitrogens with one attached hydrogen (secondary N) is 2. The van der Waals surface area contributed by atoms with Gasteiger partial charge in [0.25, 0.3) is 0 Å². The standard InChI is InChI=1S/C10H19N3/c1-3-11-4-2-10(1)13-6-8-5-9(7-13)12-8/h8-12H,1-7H2. The number of fused-ring (bicyclic) bond motifs is 2. The fourth-order valence-corrected chi connectivity index (χ4v) is 3.02. The van der Waals surface area contributed by atoms with Crippen LogP contribution in [-0.4, -0.2) is 49.2 Å². The molecule has 0 spiro atoms. The van der Waals surface area contributed by atoms with Crippen LogP contribution in [0.2, 0.25) is 0 Å². The van der Waals surface area contributed by atoms with E-state index in [1.54, 1.807) is 0 Å². The van der Waals surface area contributed by atoms with Crippen LogP contribution in [0.4, 0.5) is 0 Å². The summed E-state index contributed by atoms with van der Waals surface area (Å²) in [5.74, 6) is 0. The third-order valence-electron chi connectivity index (χ3n) is 3.78. The zero-order valence-corrected chi connectivity index (χ0v) is 8.13. The lowest BCUT2D eigenvalue weighted by atomic mass is 9.89. The van der Waals surface area contributed by atoms with Crippen molar-refractivity contribution in [2.45, 2.75) is 37.4 Å². The minimum absolute atomic E-state index is 0.827. The van der Waals surface area contributed by atoms with Gasteiger partial charge in [0, 0.05) is 31.2 Å². The van der Waals surface area contributed by atoms with Gasteiger partial charge in [-0.05, 0) is 32.4 Å². The van der Waals surface area contributed by atoms with E-state index in [0.29, 0.717) is 0 Å². The van der Waals surface area contributed by atoms with Crippen molar-refractivity contribution in [3.05, 3.63) is 0 Å². The van der Waals surface area contributed by atoms with Gasteiger partial charge in [0.15, 0.2) is 0 Å². The molecule has 2 atom stereocenters. The number of hydrogen-bond donors (Lipinski definition) is 2. The summed E-state index contributed by atoms with van der Waals surface area (Å²) < 4.78 is 0. The first-order chi connectivity index (χ1) is 6.42. The summed E-state index contributed by atoms with van der Waals surface area (Å²) in [6.07, 6.45) is 4.15. The molecule has 0 radical (unpaired) electrons. The highest BCUT2D eigenvalue weighted by Crippen LogP contribution is 2.24. The Labute approximate surface area is 79.9 Å². The Hall–Kier alpha value is -0.120. The highest BCUT2D eigenvalue weighted by molar-refractivity contribution is 4.99. The molecule has 0 aliphatic carbocycles. The van der Waals surface area contributed by atoms with Crippen LogP contribution in [0.3, 0.4) is 0 Å². The average molecular weight is 181 g/mol. The lowest BCUT2D eigenvalue weighted by Crippen LogP contribution is -2.68. The molecule has 4 saturated heterocycles. The molecule has 0 amide bonds. The topological polar surface area (TPSA) is 27.3 Å². The van der Waals surface area contributed by atoms with Crippen molar-refractivity contribution in [3.8, 4) is 0 Å². The van der Waals surface area contributed by atoms with Gasteiger partial charge >= 0.3 is 0 Å². The van der Waals surface area contributed by atoms with E-state index < -0.39 is 0 Å². The van der Waals surface area contributed by atoms with Crippen LogP contribution in [0.25, 0.3) is 0 Å². The van der Waals surface area contributed by atoms with Gasteiger partial charge < -0.3 is 10.6 Å². The van der Waals surface area contributed by atoms with Crippen LogP contribution >= 0.6 is 0 Å². The lowest BCUT2D eigenvalue weighted by molar-refractivity contribution is 0.0354. The van der Waals surface area contributed by atoms with E-state index in [0.717, 1.165) is 18.1 Å². The summed E-state index contributed by atoms with van der Waals surface area (Å²) in [5, 5.41) is 7.02. The minimum atomic E-state index is 0.827. The molecule has 4 aliphatic rings. The molecule has 4 aliphatic heterocycles. The molecule has 13 heavy (non-hydrogen) atoms. The maximum absolute atomic E-state index is 3.59. The van der Waals surface area contributed by atoms with E-state index >= 15 is 0 Å². The molecule has 0 aromatic heterocycles. The molecule has 4 rings (SSSR count). The molecule has 0 aromatic rings. The average Bonchev–Trinajstić information content (AvgIpc) is 2.18. The van der Waals surface area contributed by atoms with Crippen LogP contribution in [-0.2, 0) is 0 Å². The van der Waals surface area contributed by atoms with E-state index in [2.05, 4.69) is 15.5 Å². The number of nitrogens with zero attached hydrogens (tertiary/aromatic N) is 1. The summed E-state index contributed by atoms with van der Waals surface area (Å²) in [5.41, 5.74) is 0. The van der Waals surface area contributed by atoms with E-state index in [1.807, 2.05) is 0 Å². The zero-order chi connectivity index (χ0) is 8.67. The summed E-state index contributed by atoms with van der Waals surface area (Å²) in [6, 6.07) is 2.54. The quantitative estimate of drug-likeness (QED) is 0.586. The Bertz CT molecular complexity index is 173. The summed E-state index contributed by atoms with van der Waals surface area (Å²) >= 11 is 0. The fraction of sp³-hybridized carbons (Fsp3) is 1.00. The van der Waals surface area contributed by atoms with Crippen LogP contribution in [0, 0.1) is 0 Å². The van der Waals surface area contributed by atoms with Crippen molar-refractivity contribution in [1.29, 1.82) is 0 Å². The van der Waals surface area contributed by atoms with Gasteiger partial charge in [-0.15, -0.1) is 0 Å². The normalized spacial score (nSPS) is 41.5. The predicted octanol–water partition coefficient (Wildman–Crippen LogP) is -0.215. The minimum Gasteiger partial charge on any atom is -0.317 e. The van der Waals surface area contributed by atoms with Gasteiger partial charge in [0.1, 0.15) is 0 Å². The molecule has 0 aromatic carbocycles. The van der Waals surface area contributed by atoms with Crippen LogP contribution in [0.15, 0.2) is 0 Å². The van der Waals surface area contributed by atoms with Crippen molar-refractivity contribution in [3.63, 3.8) is 0 Å². The molecule has 3 nitrogen and oxygen atoms in total. The number of piperazine rings is 1. The Morgan fingerprint density at radius 2 is 1.62 bits per heavy atom. The van der Waals surface area contributed by atoms with E-state index in [9.17, 15) is 0 Å². The number of piperidine rings is 2. The van der Waals surface area contributed by atoms with Crippen molar-refractivity contribution in [2.75, 3.05) is 26.2 Å². The van der Waals surface area contributed by atoms with Crippen LogP contribution < -0.4 is 10.6 Å². The maximum Gasteiger partial charge on any atom is 0.0213 e. The fourth-order valence-electron chi connectivity index (χ4n) is 3.02. The number of hydrogen-bond acceptors (Lipinski definition) is 3. The Kier molecular flexibility index (Phi) is 2.04. The van der Waals surface area contributed by atoms with Crippen molar-refractivity contribution in [1.82, 2.24) is 15.5 Å². The molecule has 2 bridgehead atoms. The molecule has 3 heteroatoms. The monoisotopic (exact) mass is 181 g/mol. The highest BCUT2D eigenvalue weighted by atomic mass is 15.3. The third-order valence-corrected chi connectivity index (χ3v) is 3.78. The largest absolute Gasteiger partial charge is 0.317 e. The summed E-state index contributed by atoms with van der Waals surface area (Å²) in [6.45, 7) is 5.07.